The summed E-state index contributed by atoms with van der Waals surface area (Å²) in [5.41, 5.74) is 1.05. The molecule has 0 aliphatic heterocycles. The van der Waals surface area contributed by atoms with Crippen LogP contribution in [0.2, 0.25) is 0 Å². The van der Waals surface area contributed by atoms with Crippen molar-refractivity contribution < 1.29 is 19.0 Å². The zero-order valence-electron chi connectivity index (χ0n) is 16.1. The molecule has 0 radical (unpaired) electrons. The molecule has 2 aromatic carbocycles. The molecule has 0 atom stereocenters. The van der Waals surface area contributed by atoms with Crippen molar-refractivity contribution in [3.8, 4) is 17.2 Å². The number of methoxy groups -OCH3 is 1. The lowest BCUT2D eigenvalue weighted by molar-refractivity contribution is 0.103. The van der Waals surface area contributed by atoms with Crippen LogP contribution in [0, 0.1) is 0 Å². The van der Waals surface area contributed by atoms with Crippen LogP contribution in [0.5, 0.6) is 17.2 Å². The smallest absolute Gasteiger partial charge is 0.200 e. The number of carbonyl (C=O) groups excluding carboxylic acids is 1. The highest BCUT2D eigenvalue weighted by Gasteiger charge is 2.19. The third-order valence-corrected chi connectivity index (χ3v) is 5.26. The molecule has 0 spiro atoms. The predicted octanol–water partition coefficient (Wildman–Crippen LogP) is 6.03. The fourth-order valence-electron chi connectivity index (χ4n) is 2.62. The first-order valence-electron chi connectivity index (χ1n) is 9.40. The lowest BCUT2D eigenvalue weighted by Crippen LogP contribution is -2.09. The summed E-state index contributed by atoms with van der Waals surface area (Å²) in [5.74, 6) is 1.68. The van der Waals surface area contributed by atoms with Gasteiger partial charge in [0.2, 0.25) is 0 Å². The zero-order valence-corrected chi connectivity index (χ0v) is 19.3. The molecule has 0 aliphatic rings. The van der Waals surface area contributed by atoms with E-state index in [1.807, 2.05) is 18.2 Å². The number of unbranched alkanes of at least 4 members (excludes halogenated alkanes) is 2. The van der Waals surface area contributed by atoms with Crippen LogP contribution in [0.4, 0.5) is 0 Å². The molecule has 0 saturated heterocycles. The number of ketones is 1. The lowest BCUT2D eigenvalue weighted by atomic mass is 10.0. The second-order valence-electron chi connectivity index (χ2n) is 6.18. The molecule has 28 heavy (non-hydrogen) atoms. The normalized spacial score (nSPS) is 10.5. The standard InChI is InChI=1S/C22H26Br2O4/c1-26-17-10-11-19(21(16-17)28-15-7-5-13-24)22(25)18-8-2-3-9-20(18)27-14-6-4-12-23/h2-3,8-11,16H,4-7,12-15H2,1H3. The van der Waals surface area contributed by atoms with E-state index in [0.717, 1.165) is 36.3 Å². The third kappa shape index (κ3) is 6.82. The highest BCUT2D eigenvalue weighted by atomic mass is 79.9. The number of ether oxygens (including phenoxy) is 3. The Kier molecular flexibility index (Phi) is 10.4. The molecule has 2 aromatic rings. The summed E-state index contributed by atoms with van der Waals surface area (Å²) in [5, 5.41) is 1.87. The largest absolute Gasteiger partial charge is 0.497 e. The summed E-state index contributed by atoms with van der Waals surface area (Å²) in [6, 6.07) is 12.6. The molecule has 152 valence electrons. The summed E-state index contributed by atoms with van der Waals surface area (Å²) >= 11 is 6.84. The molecule has 4 nitrogen and oxygen atoms in total. The fourth-order valence-corrected chi connectivity index (χ4v) is 3.41. The van der Waals surface area contributed by atoms with Crippen molar-refractivity contribution in [3.63, 3.8) is 0 Å². The van der Waals surface area contributed by atoms with Gasteiger partial charge in [-0.1, -0.05) is 44.0 Å². The molecule has 0 heterocycles. The maximum absolute atomic E-state index is 13.2. The van der Waals surface area contributed by atoms with Crippen molar-refractivity contribution in [1.82, 2.24) is 0 Å². The van der Waals surface area contributed by atoms with Crippen LogP contribution in [-0.4, -0.2) is 36.8 Å². The maximum atomic E-state index is 13.2. The summed E-state index contributed by atoms with van der Waals surface area (Å²) in [6.07, 6.45) is 3.88. The number of hydrogen-bond donors (Lipinski definition) is 0. The lowest BCUT2D eigenvalue weighted by Gasteiger charge is -2.14. The second-order valence-corrected chi connectivity index (χ2v) is 7.76. The predicted molar refractivity (Wildman–Crippen MR) is 120 cm³/mol. The SMILES string of the molecule is COc1ccc(C(=O)c2ccccc2OCCCCBr)c(OCCCCBr)c1. The molecule has 0 aliphatic carbocycles. The maximum Gasteiger partial charge on any atom is 0.200 e. The van der Waals surface area contributed by atoms with Crippen molar-refractivity contribution in [2.24, 2.45) is 0 Å². The van der Waals surface area contributed by atoms with E-state index in [9.17, 15) is 4.79 Å². The summed E-state index contributed by atoms with van der Waals surface area (Å²) in [7, 11) is 1.60. The molecule has 0 aromatic heterocycles. The molecular weight excluding hydrogens is 488 g/mol. The Bertz CT molecular complexity index is 749. The van der Waals surface area contributed by atoms with Crippen LogP contribution in [0.25, 0.3) is 0 Å². The minimum atomic E-state index is -0.116. The Labute approximate surface area is 183 Å². The minimum absolute atomic E-state index is 0.116. The Balaban J connectivity index is 2.23. The van der Waals surface area contributed by atoms with Gasteiger partial charge in [0, 0.05) is 16.7 Å². The molecule has 0 bridgehead atoms. The van der Waals surface area contributed by atoms with Crippen LogP contribution in [-0.2, 0) is 0 Å². The first kappa shape index (κ1) is 22.8. The van der Waals surface area contributed by atoms with Gasteiger partial charge in [0.25, 0.3) is 0 Å². The highest BCUT2D eigenvalue weighted by Crippen LogP contribution is 2.30. The van der Waals surface area contributed by atoms with Crippen molar-refractivity contribution in [1.29, 1.82) is 0 Å². The van der Waals surface area contributed by atoms with Crippen LogP contribution in [0.15, 0.2) is 42.5 Å². The summed E-state index contributed by atoms with van der Waals surface area (Å²) < 4.78 is 17.1. The van der Waals surface area contributed by atoms with Crippen LogP contribution < -0.4 is 14.2 Å². The molecule has 0 N–H and O–H groups in total. The number of benzene rings is 2. The number of halogens is 2. The minimum Gasteiger partial charge on any atom is -0.497 e. The van der Waals surface area contributed by atoms with Gasteiger partial charge >= 0.3 is 0 Å². The van der Waals surface area contributed by atoms with Gasteiger partial charge in [-0.05, 0) is 49.9 Å². The van der Waals surface area contributed by atoms with Gasteiger partial charge in [-0.2, -0.15) is 0 Å². The van der Waals surface area contributed by atoms with E-state index in [2.05, 4.69) is 31.9 Å². The fraction of sp³-hybridized carbons (Fsp3) is 0.409. The van der Waals surface area contributed by atoms with E-state index in [1.54, 1.807) is 31.4 Å². The van der Waals surface area contributed by atoms with Gasteiger partial charge in [-0.25, -0.2) is 0 Å². The van der Waals surface area contributed by atoms with E-state index in [1.165, 1.54) is 0 Å². The average Bonchev–Trinajstić information content (AvgIpc) is 2.74. The van der Waals surface area contributed by atoms with Crippen LogP contribution >= 0.6 is 31.9 Å². The summed E-state index contributed by atoms with van der Waals surface area (Å²) in [6.45, 7) is 1.12. The third-order valence-electron chi connectivity index (χ3n) is 4.14. The molecule has 0 saturated carbocycles. The Morgan fingerprint density at radius 2 is 1.43 bits per heavy atom. The van der Waals surface area contributed by atoms with E-state index < -0.39 is 0 Å². The Morgan fingerprint density at radius 3 is 2.07 bits per heavy atom. The van der Waals surface area contributed by atoms with Crippen molar-refractivity contribution in [2.45, 2.75) is 25.7 Å². The second kappa shape index (κ2) is 12.8. The molecule has 2 rings (SSSR count). The molecule has 0 amide bonds. The van der Waals surface area contributed by atoms with Gasteiger partial charge in [-0.3, -0.25) is 4.79 Å². The number of rotatable bonds is 13. The molecule has 0 fully saturated rings. The van der Waals surface area contributed by atoms with E-state index >= 15 is 0 Å². The van der Waals surface area contributed by atoms with Crippen molar-refractivity contribution in [3.05, 3.63) is 53.6 Å². The van der Waals surface area contributed by atoms with Crippen LogP contribution in [0.3, 0.4) is 0 Å². The van der Waals surface area contributed by atoms with E-state index in [0.29, 0.717) is 41.6 Å². The van der Waals surface area contributed by atoms with Gasteiger partial charge in [0.1, 0.15) is 17.2 Å². The molecule has 6 heteroatoms. The Morgan fingerprint density at radius 1 is 0.821 bits per heavy atom. The number of hydrogen-bond acceptors (Lipinski definition) is 4. The van der Waals surface area contributed by atoms with Gasteiger partial charge < -0.3 is 14.2 Å². The Hall–Kier alpha value is -1.53. The first-order chi connectivity index (χ1) is 13.7. The van der Waals surface area contributed by atoms with Gasteiger partial charge in [0.05, 0.1) is 31.5 Å². The van der Waals surface area contributed by atoms with Gasteiger partial charge in [-0.15, -0.1) is 0 Å². The molecule has 0 unspecified atom stereocenters. The van der Waals surface area contributed by atoms with E-state index in [4.69, 9.17) is 14.2 Å². The zero-order chi connectivity index (χ0) is 20.2. The number of carbonyl (C=O) groups is 1. The van der Waals surface area contributed by atoms with Gasteiger partial charge in [0.15, 0.2) is 5.78 Å². The topological polar surface area (TPSA) is 44.8 Å². The highest BCUT2D eigenvalue weighted by molar-refractivity contribution is 9.09. The molecular formula is C22H26Br2O4. The van der Waals surface area contributed by atoms with Crippen LogP contribution in [0.1, 0.15) is 41.6 Å². The number of para-hydroxylation sites is 1. The van der Waals surface area contributed by atoms with Crippen molar-refractivity contribution in [2.75, 3.05) is 31.0 Å². The first-order valence-corrected chi connectivity index (χ1v) is 11.6. The monoisotopic (exact) mass is 512 g/mol. The average molecular weight is 514 g/mol. The van der Waals surface area contributed by atoms with E-state index in [-0.39, 0.29) is 5.78 Å². The quantitative estimate of drug-likeness (QED) is 0.186. The number of alkyl halides is 2. The van der Waals surface area contributed by atoms with Crippen molar-refractivity contribution >= 4 is 37.6 Å². The summed E-state index contributed by atoms with van der Waals surface area (Å²) in [4.78, 5) is 13.2.